The van der Waals surface area contributed by atoms with Crippen molar-refractivity contribution in [2.45, 2.75) is 65.0 Å². The maximum absolute atomic E-state index is 13.4. The van der Waals surface area contributed by atoms with Crippen molar-refractivity contribution in [1.29, 1.82) is 0 Å². The number of carbonyl (C=O) groups excluding carboxylic acids is 3. The monoisotopic (exact) mass is 695 g/mol. The van der Waals surface area contributed by atoms with Crippen LogP contribution in [-0.2, 0) is 25.4 Å². The van der Waals surface area contributed by atoms with E-state index in [9.17, 15) is 24.6 Å². The summed E-state index contributed by atoms with van der Waals surface area (Å²) in [5.74, 6) is -1.09. The molecule has 1 aliphatic heterocycles. The lowest BCUT2D eigenvalue weighted by molar-refractivity contribution is -0.112. The molecule has 0 saturated carbocycles. The number of phenols is 1. The fourth-order valence-corrected chi connectivity index (χ4v) is 5.86. The van der Waals surface area contributed by atoms with Crippen LogP contribution in [-0.4, -0.2) is 81.0 Å². The Balaban J connectivity index is 2.15. The van der Waals surface area contributed by atoms with Crippen LogP contribution in [0.15, 0.2) is 65.8 Å². The summed E-state index contributed by atoms with van der Waals surface area (Å²) in [4.78, 5) is 38.6. The first kappa shape index (κ1) is 39.6. The molecule has 13 heteroatoms. The molecule has 2 bridgehead atoms. The Hall–Kier alpha value is -4.85. The number of ether oxygens (including phenoxy) is 5. The smallest absolute Gasteiger partial charge is 0.405 e. The first-order valence-electron chi connectivity index (χ1n) is 16.2. The highest BCUT2D eigenvalue weighted by Gasteiger charge is 2.30. The van der Waals surface area contributed by atoms with Crippen LogP contribution in [0.5, 0.6) is 17.2 Å². The topological polar surface area (TPSA) is 188 Å². The molecule has 6 N–H and O–H groups in total. The normalized spacial score (nSPS) is 26.3. The lowest BCUT2D eigenvalue weighted by atomic mass is 9.87. The number of fused-ring (bicyclic) bond motifs is 2. The van der Waals surface area contributed by atoms with Gasteiger partial charge in [-0.25, -0.2) is 4.79 Å². The fourth-order valence-electron chi connectivity index (χ4n) is 5.86. The van der Waals surface area contributed by atoms with Crippen LogP contribution in [0.1, 0.15) is 50.0 Å². The third-order valence-electron chi connectivity index (χ3n) is 8.60. The number of aromatic hydroxyl groups is 1. The van der Waals surface area contributed by atoms with Crippen LogP contribution in [0.4, 0.5) is 16.2 Å². The number of amides is 3. The van der Waals surface area contributed by atoms with Gasteiger partial charge in [-0.3, -0.25) is 9.59 Å². The van der Waals surface area contributed by atoms with Crippen molar-refractivity contribution in [1.82, 2.24) is 0 Å². The standard InChI is InChI=1S/C37H49N3O10/c1-20-16-26-32(42)27(19-28(34(26)49-8)40-36(44)24-12-14-25(46-5)15-13-24)39-35(43)21(2)10-9-11-29(47-6)33(50-37(38)45)23(4)18-22(3)31(41)30(17-20)48-7/h9-15,18-20,22,29-31,33,41-42H,16-17H2,1-8H3,(H2,38,45)(H,39,43)(H,40,44)/b11-9-,21-10+,23-18+/t20-,22+,29+,30+,31-,33+/m1/s1. The molecule has 3 amide bonds. The number of aliphatic hydroxyl groups excluding tert-OH is 1. The van der Waals surface area contributed by atoms with Crippen molar-refractivity contribution < 1.29 is 48.3 Å². The van der Waals surface area contributed by atoms with Gasteiger partial charge in [0.15, 0.2) is 6.10 Å². The average Bonchev–Trinajstić information content (AvgIpc) is 3.09. The van der Waals surface area contributed by atoms with Gasteiger partial charge in [0.2, 0.25) is 0 Å². The van der Waals surface area contributed by atoms with Gasteiger partial charge in [0.25, 0.3) is 11.8 Å². The minimum Gasteiger partial charge on any atom is -0.505 e. The van der Waals surface area contributed by atoms with Crippen molar-refractivity contribution >= 4 is 29.3 Å². The fraction of sp³-hybridized carbons (Fsp3) is 0.432. The van der Waals surface area contributed by atoms with Gasteiger partial charge >= 0.3 is 6.09 Å². The number of primary amides is 1. The lowest BCUT2D eigenvalue weighted by Gasteiger charge is -2.29. The summed E-state index contributed by atoms with van der Waals surface area (Å²) in [6.45, 7) is 7.05. The minimum atomic E-state index is -1.00. The molecule has 13 nitrogen and oxygen atoms in total. The molecule has 50 heavy (non-hydrogen) atoms. The number of rotatable bonds is 7. The maximum Gasteiger partial charge on any atom is 0.405 e. The molecule has 1 aliphatic rings. The summed E-state index contributed by atoms with van der Waals surface area (Å²) in [7, 11) is 5.89. The van der Waals surface area contributed by atoms with E-state index in [1.54, 1.807) is 56.3 Å². The van der Waals surface area contributed by atoms with E-state index in [0.717, 1.165) is 0 Å². The van der Waals surface area contributed by atoms with Gasteiger partial charge in [0.05, 0.1) is 37.8 Å². The lowest BCUT2D eigenvalue weighted by Crippen LogP contribution is -2.37. The Morgan fingerprint density at radius 2 is 1.70 bits per heavy atom. The number of nitrogens with two attached hydrogens (primary N) is 1. The van der Waals surface area contributed by atoms with Crippen molar-refractivity contribution in [2.75, 3.05) is 39.1 Å². The molecule has 3 rings (SSSR count). The van der Waals surface area contributed by atoms with Crippen LogP contribution < -0.4 is 25.8 Å². The number of anilines is 2. The first-order valence-corrected chi connectivity index (χ1v) is 16.2. The molecule has 0 unspecified atom stereocenters. The largest absolute Gasteiger partial charge is 0.505 e. The number of nitrogens with one attached hydrogen (secondary N) is 2. The van der Waals surface area contributed by atoms with Crippen molar-refractivity contribution in [3.63, 3.8) is 0 Å². The average molecular weight is 696 g/mol. The molecule has 0 aromatic heterocycles. The van der Waals surface area contributed by atoms with Gasteiger partial charge in [0, 0.05) is 36.8 Å². The van der Waals surface area contributed by atoms with Crippen LogP contribution in [0.3, 0.4) is 0 Å². The first-order chi connectivity index (χ1) is 23.7. The number of phenolic OH excluding ortho intramolecular Hbond substituents is 1. The van der Waals surface area contributed by atoms with E-state index in [1.807, 2.05) is 13.8 Å². The Labute approximate surface area is 293 Å². The summed E-state index contributed by atoms with van der Waals surface area (Å²) in [6, 6.07) is 7.96. The molecule has 0 aliphatic carbocycles. The second-order valence-electron chi connectivity index (χ2n) is 12.3. The van der Waals surface area contributed by atoms with E-state index in [1.165, 1.54) is 40.6 Å². The van der Waals surface area contributed by atoms with E-state index < -0.39 is 48.2 Å². The highest BCUT2D eigenvalue weighted by molar-refractivity contribution is 6.08. The van der Waals surface area contributed by atoms with E-state index >= 15 is 0 Å². The number of aliphatic hydroxyl groups is 1. The summed E-state index contributed by atoms with van der Waals surface area (Å²) < 4.78 is 27.7. The van der Waals surface area contributed by atoms with Gasteiger partial charge in [0.1, 0.15) is 23.4 Å². The predicted octanol–water partition coefficient (Wildman–Crippen LogP) is 5.12. The summed E-state index contributed by atoms with van der Waals surface area (Å²) in [6.07, 6.45) is 2.72. The zero-order valence-corrected chi connectivity index (χ0v) is 29.8. The SMILES string of the molecule is COc1ccc(C(=O)Nc2cc3c(O)c(c2OC)C[C@@H](C)C[C@H](OC)[C@H](O)[C@@H](C)/C=C(\C)[C@H](OC(N)=O)[C@@H](OC)/C=C\C=C(/C)C(=O)N3)cc1. The van der Waals surface area contributed by atoms with Crippen molar-refractivity contribution in [2.24, 2.45) is 17.6 Å². The summed E-state index contributed by atoms with van der Waals surface area (Å²) in [5, 5.41) is 28.5. The van der Waals surface area contributed by atoms with Crippen molar-refractivity contribution in [3.8, 4) is 17.2 Å². The molecule has 0 spiro atoms. The second-order valence-corrected chi connectivity index (χ2v) is 12.3. The third kappa shape index (κ3) is 10.1. The van der Waals surface area contributed by atoms with Crippen LogP contribution in [0.25, 0.3) is 0 Å². The number of carbonyl (C=O) groups is 3. The Bertz CT molecular complexity index is 1600. The van der Waals surface area contributed by atoms with Gasteiger partial charge in [-0.2, -0.15) is 0 Å². The van der Waals surface area contributed by atoms with E-state index in [4.69, 9.17) is 29.4 Å². The Morgan fingerprint density at radius 1 is 1.02 bits per heavy atom. The highest BCUT2D eigenvalue weighted by Crippen LogP contribution is 2.43. The zero-order chi connectivity index (χ0) is 37.1. The molecule has 0 fully saturated rings. The minimum absolute atomic E-state index is 0.0409. The van der Waals surface area contributed by atoms with Crippen LogP contribution >= 0.6 is 0 Å². The number of methoxy groups -OCH3 is 4. The van der Waals surface area contributed by atoms with Gasteiger partial charge in [-0.15, -0.1) is 0 Å². The van der Waals surface area contributed by atoms with Gasteiger partial charge in [-0.1, -0.05) is 38.2 Å². The maximum atomic E-state index is 13.4. The van der Waals surface area contributed by atoms with Crippen LogP contribution in [0.2, 0.25) is 0 Å². The summed E-state index contributed by atoms with van der Waals surface area (Å²) in [5.41, 5.74) is 7.18. The molecule has 2 aromatic carbocycles. The Morgan fingerprint density at radius 3 is 2.28 bits per heavy atom. The predicted molar refractivity (Wildman–Crippen MR) is 190 cm³/mol. The van der Waals surface area contributed by atoms with E-state index in [2.05, 4.69) is 10.6 Å². The number of hydrogen-bond acceptors (Lipinski definition) is 10. The van der Waals surface area contributed by atoms with Crippen LogP contribution in [0, 0.1) is 11.8 Å². The van der Waals surface area contributed by atoms with E-state index in [-0.39, 0.29) is 40.8 Å². The van der Waals surface area contributed by atoms with Crippen molar-refractivity contribution in [3.05, 3.63) is 76.9 Å². The zero-order valence-electron chi connectivity index (χ0n) is 29.8. The molecule has 0 radical (unpaired) electrons. The number of allylic oxidation sites excluding steroid dienone is 2. The quantitative estimate of drug-likeness (QED) is 0.148. The van der Waals surface area contributed by atoms with Gasteiger partial charge in [-0.05, 0) is 68.5 Å². The molecule has 272 valence electrons. The molecular weight excluding hydrogens is 646 g/mol. The van der Waals surface area contributed by atoms with Gasteiger partial charge < -0.3 is 50.3 Å². The molecule has 2 aromatic rings. The number of hydrogen-bond donors (Lipinski definition) is 5. The molecule has 6 atom stereocenters. The van der Waals surface area contributed by atoms with E-state index in [0.29, 0.717) is 28.9 Å². The molecular formula is C37H49N3O10. The molecule has 0 saturated heterocycles. The number of benzene rings is 2. The second kappa shape index (κ2) is 18.2. The highest BCUT2D eigenvalue weighted by atomic mass is 16.6. The Kier molecular flexibility index (Phi) is 14.4. The summed E-state index contributed by atoms with van der Waals surface area (Å²) >= 11 is 0. The third-order valence-corrected chi connectivity index (χ3v) is 8.60. The molecule has 1 heterocycles.